The lowest BCUT2D eigenvalue weighted by molar-refractivity contribution is -0.108. The summed E-state index contributed by atoms with van der Waals surface area (Å²) in [6, 6.07) is 8.95. The molecule has 2 N–H and O–H groups in total. The molecule has 5 nitrogen and oxygen atoms in total. The number of methoxy groups -OCH3 is 1. The van der Waals surface area contributed by atoms with E-state index in [2.05, 4.69) is 4.74 Å². The second-order valence-electron chi connectivity index (χ2n) is 3.55. The van der Waals surface area contributed by atoms with E-state index in [-0.39, 0.29) is 6.04 Å². The maximum atomic E-state index is 11.4. The molecule has 0 aliphatic heterocycles. The van der Waals surface area contributed by atoms with Gasteiger partial charge in [0.15, 0.2) is 0 Å². The number of aldehydes is 1. The number of carbonyl (C=O) groups excluding carboxylic acids is 2. The van der Waals surface area contributed by atoms with Gasteiger partial charge in [-0.3, -0.25) is 0 Å². The average molecular weight is 236 g/mol. The first-order valence-electron chi connectivity index (χ1n) is 5.31. The third-order valence-electron chi connectivity index (χ3n) is 2.46. The fraction of sp³-hybridized carbons (Fsp3) is 0.333. The highest BCUT2D eigenvalue weighted by Gasteiger charge is 2.22. The zero-order valence-corrected chi connectivity index (χ0v) is 9.70. The number of ether oxygens (including phenoxy) is 1. The van der Waals surface area contributed by atoms with Gasteiger partial charge >= 0.3 is 6.09 Å². The average Bonchev–Trinajstić information content (AvgIpc) is 2.39. The van der Waals surface area contributed by atoms with Crippen LogP contribution in [0.1, 0.15) is 24.4 Å². The summed E-state index contributed by atoms with van der Waals surface area (Å²) in [6.45, 7) is 0. The molecule has 0 aromatic heterocycles. The van der Waals surface area contributed by atoms with Crippen molar-refractivity contribution in [1.82, 2.24) is 5.01 Å². The Morgan fingerprint density at radius 1 is 1.47 bits per heavy atom. The SMILES string of the molecule is COC(=O)N(N)C(CCC=O)c1ccccc1. The number of hydrazine groups is 1. The monoisotopic (exact) mass is 236 g/mol. The Kier molecular flexibility index (Phi) is 5.16. The Labute approximate surface area is 100 Å². The maximum absolute atomic E-state index is 11.4. The van der Waals surface area contributed by atoms with Gasteiger partial charge in [0.05, 0.1) is 13.2 Å². The maximum Gasteiger partial charge on any atom is 0.424 e. The van der Waals surface area contributed by atoms with E-state index in [1.165, 1.54) is 7.11 Å². The van der Waals surface area contributed by atoms with Gasteiger partial charge in [0, 0.05) is 6.42 Å². The van der Waals surface area contributed by atoms with Crippen LogP contribution in [0.2, 0.25) is 0 Å². The lowest BCUT2D eigenvalue weighted by atomic mass is 10.0. The van der Waals surface area contributed by atoms with Crippen LogP contribution in [0.25, 0.3) is 0 Å². The van der Waals surface area contributed by atoms with E-state index in [0.29, 0.717) is 12.8 Å². The minimum Gasteiger partial charge on any atom is -0.452 e. The van der Waals surface area contributed by atoms with Crippen molar-refractivity contribution in [3.05, 3.63) is 35.9 Å². The van der Waals surface area contributed by atoms with Crippen LogP contribution in [0.15, 0.2) is 30.3 Å². The third-order valence-corrected chi connectivity index (χ3v) is 2.46. The molecule has 5 heteroatoms. The molecule has 92 valence electrons. The summed E-state index contributed by atoms with van der Waals surface area (Å²) in [5.41, 5.74) is 0.877. The molecule has 1 atom stereocenters. The number of hydrogen-bond acceptors (Lipinski definition) is 4. The van der Waals surface area contributed by atoms with Crippen molar-refractivity contribution in [2.75, 3.05) is 7.11 Å². The van der Waals surface area contributed by atoms with Crippen molar-refractivity contribution in [3.8, 4) is 0 Å². The van der Waals surface area contributed by atoms with Gasteiger partial charge in [0.25, 0.3) is 0 Å². The van der Waals surface area contributed by atoms with Crippen LogP contribution >= 0.6 is 0 Å². The van der Waals surface area contributed by atoms with Crippen molar-refractivity contribution >= 4 is 12.4 Å². The van der Waals surface area contributed by atoms with Crippen LogP contribution in [0.3, 0.4) is 0 Å². The number of nitrogens with two attached hydrogens (primary N) is 1. The second kappa shape index (κ2) is 6.65. The van der Waals surface area contributed by atoms with Gasteiger partial charge in [-0.05, 0) is 12.0 Å². The molecule has 0 spiro atoms. The van der Waals surface area contributed by atoms with Crippen LogP contribution in [-0.4, -0.2) is 24.5 Å². The molecule has 1 unspecified atom stereocenters. The summed E-state index contributed by atoms with van der Waals surface area (Å²) in [6.07, 6.45) is 0.995. The predicted molar refractivity (Wildman–Crippen MR) is 62.9 cm³/mol. The van der Waals surface area contributed by atoms with Crippen LogP contribution in [0.4, 0.5) is 4.79 Å². The van der Waals surface area contributed by atoms with Crippen molar-refractivity contribution < 1.29 is 14.3 Å². The van der Waals surface area contributed by atoms with E-state index in [1.807, 2.05) is 30.3 Å². The highest BCUT2D eigenvalue weighted by Crippen LogP contribution is 2.23. The first-order chi connectivity index (χ1) is 8.20. The first-order valence-corrected chi connectivity index (χ1v) is 5.31. The molecule has 0 fully saturated rings. The third kappa shape index (κ3) is 3.57. The van der Waals surface area contributed by atoms with Crippen molar-refractivity contribution in [2.45, 2.75) is 18.9 Å². The standard InChI is InChI=1S/C12H16N2O3/c1-17-12(16)14(13)11(8-5-9-15)10-6-3-2-4-7-10/h2-4,6-7,9,11H,5,8,13H2,1H3. The molecule has 0 saturated carbocycles. The highest BCUT2D eigenvalue weighted by atomic mass is 16.5. The van der Waals surface area contributed by atoms with E-state index in [0.717, 1.165) is 16.9 Å². The van der Waals surface area contributed by atoms with Crippen molar-refractivity contribution in [2.24, 2.45) is 5.84 Å². The Morgan fingerprint density at radius 2 is 2.12 bits per heavy atom. The summed E-state index contributed by atoms with van der Waals surface area (Å²) < 4.78 is 4.57. The number of benzene rings is 1. The van der Waals surface area contributed by atoms with E-state index < -0.39 is 6.09 Å². The molecule has 1 amide bonds. The van der Waals surface area contributed by atoms with Crippen LogP contribution < -0.4 is 5.84 Å². The molecule has 0 bridgehead atoms. The zero-order valence-electron chi connectivity index (χ0n) is 9.70. The number of nitrogens with zero attached hydrogens (tertiary/aromatic N) is 1. The highest BCUT2D eigenvalue weighted by molar-refractivity contribution is 5.67. The smallest absolute Gasteiger partial charge is 0.424 e. The molecule has 0 radical (unpaired) electrons. The molecule has 0 heterocycles. The number of amides is 1. The first kappa shape index (κ1) is 13.2. The van der Waals surface area contributed by atoms with E-state index in [4.69, 9.17) is 5.84 Å². The molecule has 0 saturated heterocycles. The quantitative estimate of drug-likeness (QED) is 0.365. The van der Waals surface area contributed by atoms with Gasteiger partial charge in [0.2, 0.25) is 0 Å². The minimum absolute atomic E-state index is 0.338. The van der Waals surface area contributed by atoms with Gasteiger partial charge in [-0.25, -0.2) is 15.6 Å². The van der Waals surface area contributed by atoms with E-state index in [1.54, 1.807) is 0 Å². The summed E-state index contributed by atoms with van der Waals surface area (Å²) in [5, 5.41) is 1.01. The number of rotatable bonds is 5. The molecule has 0 aliphatic carbocycles. The van der Waals surface area contributed by atoms with Gasteiger partial charge in [0.1, 0.15) is 6.29 Å². The largest absolute Gasteiger partial charge is 0.452 e. The topological polar surface area (TPSA) is 72.6 Å². The Balaban J connectivity index is 2.87. The number of carbonyl (C=O) groups is 2. The molecular formula is C12H16N2O3. The van der Waals surface area contributed by atoms with Crippen LogP contribution in [-0.2, 0) is 9.53 Å². The summed E-state index contributed by atoms with van der Waals surface area (Å²) in [5.74, 6) is 5.69. The van der Waals surface area contributed by atoms with E-state index >= 15 is 0 Å². The minimum atomic E-state index is -0.621. The molecule has 1 aromatic carbocycles. The normalized spacial score (nSPS) is 11.6. The van der Waals surface area contributed by atoms with Crippen molar-refractivity contribution in [1.29, 1.82) is 0 Å². The fourth-order valence-corrected chi connectivity index (χ4v) is 1.60. The fourth-order valence-electron chi connectivity index (χ4n) is 1.60. The summed E-state index contributed by atoms with van der Waals surface area (Å²) in [7, 11) is 1.27. The van der Waals surface area contributed by atoms with E-state index in [9.17, 15) is 9.59 Å². The Morgan fingerprint density at radius 3 is 2.65 bits per heavy atom. The molecule has 17 heavy (non-hydrogen) atoms. The van der Waals surface area contributed by atoms with Crippen molar-refractivity contribution in [3.63, 3.8) is 0 Å². The Bertz CT molecular complexity index is 367. The molecule has 1 rings (SSSR count). The van der Waals surface area contributed by atoms with Crippen LogP contribution in [0.5, 0.6) is 0 Å². The zero-order chi connectivity index (χ0) is 12.7. The van der Waals surface area contributed by atoms with Crippen LogP contribution in [0, 0.1) is 0 Å². The Hall–Kier alpha value is -1.88. The lowest BCUT2D eigenvalue weighted by Crippen LogP contribution is -2.40. The molecular weight excluding hydrogens is 220 g/mol. The summed E-state index contributed by atoms with van der Waals surface area (Å²) >= 11 is 0. The van der Waals surface area contributed by atoms with Gasteiger partial charge < -0.3 is 9.53 Å². The number of hydrogen-bond donors (Lipinski definition) is 1. The second-order valence-corrected chi connectivity index (χ2v) is 3.55. The van der Waals surface area contributed by atoms with Gasteiger partial charge in [-0.1, -0.05) is 30.3 Å². The lowest BCUT2D eigenvalue weighted by Gasteiger charge is -2.26. The predicted octanol–water partition coefficient (Wildman–Crippen LogP) is 1.65. The molecule has 0 aliphatic rings. The van der Waals surface area contributed by atoms with Gasteiger partial charge in [-0.2, -0.15) is 0 Å². The molecule has 1 aromatic rings. The summed E-state index contributed by atoms with van der Waals surface area (Å²) in [4.78, 5) is 21.8. The van der Waals surface area contributed by atoms with Gasteiger partial charge in [-0.15, -0.1) is 0 Å².